The van der Waals surface area contributed by atoms with Crippen LogP contribution < -0.4 is 27.9 Å². The van der Waals surface area contributed by atoms with E-state index in [-0.39, 0.29) is 0 Å². The number of hydrogen-bond donors (Lipinski definition) is 3. The van der Waals surface area contributed by atoms with Gasteiger partial charge in [-0.25, -0.2) is 4.98 Å². The molecule has 6 rings (SSSR count). The number of allylic oxidation sites excluding steroid dienone is 3. The molecule has 1 fully saturated rings. The fourth-order valence-corrected chi connectivity index (χ4v) is 7.50. The average molecular weight is 687 g/mol. The van der Waals surface area contributed by atoms with Gasteiger partial charge in [0.05, 0.1) is 33.5 Å². The summed E-state index contributed by atoms with van der Waals surface area (Å²) in [5.41, 5.74) is 10.8. The van der Waals surface area contributed by atoms with E-state index in [1.807, 2.05) is 12.4 Å². The van der Waals surface area contributed by atoms with Crippen LogP contribution in [0.2, 0.25) is 0 Å². The summed E-state index contributed by atoms with van der Waals surface area (Å²) in [6, 6.07) is 10.9. The third kappa shape index (κ3) is 4.71. The number of nitrogens with one attached hydrogen (secondary N) is 3. The standard InChI is InChI=1S/C29H29I2N4/c1-17-10-13-24-28(20(17)14-18-6-3-2-4-7-18)35-29(34-24)21-15-32-16-25(21)33-27(19-11-12-19)26-22(30)8-5-9-23(26)31/h5,8-13,15-16,18,30,32-33H,2-4,6-7,14H2,1H3,(H,34,35)/q+1. The van der Waals surface area contributed by atoms with E-state index in [9.17, 15) is 0 Å². The second-order valence-corrected chi connectivity index (χ2v) is 12.2. The Morgan fingerprint density at radius 2 is 1.94 bits per heavy atom. The predicted molar refractivity (Wildman–Crippen MR) is 150 cm³/mol. The van der Waals surface area contributed by atoms with Gasteiger partial charge in [0.1, 0.15) is 5.82 Å². The first kappa shape index (κ1) is 23.3. The molecule has 3 N–H and O–H groups in total. The highest BCUT2D eigenvalue weighted by Crippen LogP contribution is 2.36. The molecule has 0 spiro atoms. The van der Waals surface area contributed by atoms with E-state index >= 15 is 0 Å². The van der Waals surface area contributed by atoms with Gasteiger partial charge in [-0.2, -0.15) is 0 Å². The average Bonchev–Trinajstić information content (AvgIpc) is 3.44. The largest absolute Gasteiger partial charge is 0.365 e. The highest BCUT2D eigenvalue weighted by Gasteiger charge is 2.23. The number of rotatable bonds is 6. The van der Waals surface area contributed by atoms with Gasteiger partial charge in [0.2, 0.25) is 0 Å². The maximum absolute atomic E-state index is 5.17. The molecule has 0 aliphatic heterocycles. The molecule has 0 saturated heterocycles. The van der Waals surface area contributed by atoms with Gasteiger partial charge in [0, 0.05) is 16.0 Å². The van der Waals surface area contributed by atoms with Crippen LogP contribution in [0.5, 0.6) is 0 Å². The van der Waals surface area contributed by atoms with E-state index in [1.54, 1.807) is 0 Å². The zero-order valence-electron chi connectivity index (χ0n) is 19.7. The number of nitrogens with zero attached hydrogens (tertiary/aromatic N) is 1. The maximum Gasteiger partial charge on any atom is 0.297 e. The molecule has 0 bridgehead atoms. The van der Waals surface area contributed by atoms with Crippen molar-refractivity contribution in [3.05, 3.63) is 84.3 Å². The Morgan fingerprint density at radius 1 is 1.11 bits per heavy atom. The van der Waals surface area contributed by atoms with Crippen LogP contribution in [0, 0.1) is 20.0 Å². The molecular weight excluding hydrogens is 658 g/mol. The molecule has 0 radical (unpaired) electrons. The van der Waals surface area contributed by atoms with Gasteiger partial charge in [0.15, 0.2) is 3.57 Å². The normalized spacial score (nSPS) is 15.7. The number of aromatic nitrogens is 3. The molecule has 2 aliphatic rings. The second kappa shape index (κ2) is 9.76. The third-order valence-electron chi connectivity index (χ3n) is 7.32. The summed E-state index contributed by atoms with van der Waals surface area (Å²) in [7, 11) is 0. The van der Waals surface area contributed by atoms with E-state index in [1.165, 1.54) is 61.5 Å². The van der Waals surface area contributed by atoms with Crippen LogP contribution in [-0.2, 0) is 6.42 Å². The molecule has 35 heavy (non-hydrogen) atoms. The van der Waals surface area contributed by atoms with E-state index in [0.29, 0.717) is 0 Å². The molecule has 0 amide bonds. The molecule has 0 unspecified atom stereocenters. The maximum atomic E-state index is 5.17. The zero-order chi connectivity index (χ0) is 23.9. The highest BCUT2D eigenvalue weighted by atomic mass is 127. The van der Waals surface area contributed by atoms with Crippen LogP contribution in [0.4, 0.5) is 5.69 Å². The summed E-state index contributed by atoms with van der Waals surface area (Å²) >= 11 is 4.53. The Morgan fingerprint density at radius 3 is 2.71 bits per heavy atom. The molecule has 2 heterocycles. The SMILES string of the molecule is Cc1ccc2[nH]c(-c3c[nH]cc3NC(=C3C=C3)c3c(I)cccc3[IH+])nc2c1CC1CCCCC1. The summed E-state index contributed by atoms with van der Waals surface area (Å²) in [6.45, 7) is 2.24. The van der Waals surface area contributed by atoms with Gasteiger partial charge in [-0.15, -0.1) is 0 Å². The Kier molecular flexibility index (Phi) is 6.51. The van der Waals surface area contributed by atoms with E-state index in [2.05, 4.69) is 110 Å². The van der Waals surface area contributed by atoms with Crippen molar-refractivity contribution < 1.29 is 22.6 Å². The van der Waals surface area contributed by atoms with Crippen molar-refractivity contribution in [2.24, 2.45) is 5.92 Å². The van der Waals surface area contributed by atoms with Crippen molar-refractivity contribution in [1.82, 2.24) is 15.0 Å². The van der Waals surface area contributed by atoms with Crippen molar-refractivity contribution in [1.29, 1.82) is 0 Å². The van der Waals surface area contributed by atoms with E-state index in [4.69, 9.17) is 4.98 Å². The lowest BCUT2D eigenvalue weighted by molar-refractivity contribution is -0.328. The van der Waals surface area contributed by atoms with Crippen LogP contribution >= 0.6 is 22.6 Å². The van der Waals surface area contributed by atoms with Gasteiger partial charge >= 0.3 is 0 Å². The number of imidazole rings is 1. The summed E-state index contributed by atoms with van der Waals surface area (Å²) < 4.78 is 2.53. The number of anilines is 1. The number of aromatic amines is 2. The lowest BCUT2D eigenvalue weighted by Crippen LogP contribution is -3.34. The number of hydrogen-bond acceptors (Lipinski definition) is 2. The fourth-order valence-electron chi connectivity index (χ4n) is 5.33. The Balaban J connectivity index is 1.36. The minimum absolute atomic E-state index is 0.787. The Hall–Kier alpha value is -2.07. The molecule has 1 saturated carbocycles. The van der Waals surface area contributed by atoms with Crippen molar-refractivity contribution in [3.8, 4) is 11.4 Å². The monoisotopic (exact) mass is 687 g/mol. The Labute approximate surface area is 233 Å². The smallest absolute Gasteiger partial charge is 0.297 e. The third-order valence-corrected chi connectivity index (χ3v) is 9.19. The molecule has 6 heteroatoms. The molecule has 2 aliphatic carbocycles. The van der Waals surface area contributed by atoms with Crippen LogP contribution in [0.25, 0.3) is 28.1 Å². The molecule has 4 aromatic rings. The summed E-state index contributed by atoms with van der Waals surface area (Å²) in [5, 5.41) is 3.74. The van der Waals surface area contributed by atoms with Gasteiger partial charge in [-0.1, -0.05) is 56.4 Å². The number of H-pyrrole nitrogens is 2. The molecule has 2 aromatic carbocycles. The van der Waals surface area contributed by atoms with Crippen LogP contribution in [-0.4, -0.2) is 15.0 Å². The fraction of sp³-hybridized carbons (Fsp3) is 0.276. The van der Waals surface area contributed by atoms with E-state index in [0.717, 1.165) is 46.1 Å². The minimum atomic E-state index is 0.787. The number of benzene rings is 2. The summed E-state index contributed by atoms with van der Waals surface area (Å²) in [5.74, 6) is 1.70. The molecule has 0 atom stereocenters. The molecular formula is C29H29I2N4+. The first-order valence-electron chi connectivity index (χ1n) is 12.4. The zero-order valence-corrected chi connectivity index (χ0v) is 24.2. The molecule has 2 aromatic heterocycles. The Bertz CT molecular complexity index is 1440. The summed E-state index contributed by atoms with van der Waals surface area (Å²) in [4.78, 5) is 12.1. The van der Waals surface area contributed by atoms with Crippen molar-refractivity contribution in [3.63, 3.8) is 0 Å². The minimum Gasteiger partial charge on any atom is -0.365 e. The number of aryl methyl sites for hydroxylation is 1. The second-order valence-electron chi connectivity index (χ2n) is 9.74. The topological polar surface area (TPSA) is 56.5 Å². The highest BCUT2D eigenvalue weighted by molar-refractivity contribution is 14.1. The van der Waals surface area contributed by atoms with Crippen LogP contribution in [0.1, 0.15) is 48.8 Å². The van der Waals surface area contributed by atoms with Gasteiger partial charge in [-0.3, -0.25) is 0 Å². The number of halogens is 2. The van der Waals surface area contributed by atoms with Gasteiger partial charge in [-0.05, 0) is 76.8 Å². The summed E-state index contributed by atoms with van der Waals surface area (Å²) in [6.07, 6.45) is 16.4. The molecule has 178 valence electrons. The predicted octanol–water partition coefficient (Wildman–Crippen LogP) is 4.44. The first-order valence-corrected chi connectivity index (χ1v) is 14.6. The van der Waals surface area contributed by atoms with E-state index < -0.39 is 0 Å². The van der Waals surface area contributed by atoms with Crippen LogP contribution in [0.15, 0.2) is 60.5 Å². The van der Waals surface area contributed by atoms with Gasteiger partial charge < -0.3 is 15.3 Å². The van der Waals surface area contributed by atoms with Crippen LogP contribution in [0.3, 0.4) is 0 Å². The number of fused-ring (bicyclic) bond motifs is 1. The molecule has 4 nitrogen and oxygen atoms in total. The van der Waals surface area contributed by atoms with Crippen molar-refractivity contribution in [2.75, 3.05) is 5.32 Å². The van der Waals surface area contributed by atoms with Crippen molar-refractivity contribution in [2.45, 2.75) is 45.4 Å². The lowest BCUT2D eigenvalue weighted by Gasteiger charge is -2.22. The lowest BCUT2D eigenvalue weighted by atomic mass is 9.83. The quantitative estimate of drug-likeness (QED) is 0.263. The van der Waals surface area contributed by atoms with Gasteiger partial charge in [0.25, 0.3) is 22.6 Å². The first-order chi connectivity index (χ1) is 17.1. The van der Waals surface area contributed by atoms with Crippen molar-refractivity contribution >= 4 is 45.0 Å².